The fourth-order valence-corrected chi connectivity index (χ4v) is 6.15. The van der Waals surface area contributed by atoms with Gasteiger partial charge in [0.2, 0.25) is 5.95 Å². The summed E-state index contributed by atoms with van der Waals surface area (Å²) in [5, 5.41) is 8.52. The SMILES string of the molecule is Cn1c(N2CCC(C)(CNC(=O)OC(C)(C)C)CC2)nc2c(c(N3CCCc4ncccc43)nn2Cc2ccccc2)c1=O. The van der Waals surface area contributed by atoms with Gasteiger partial charge in [0.05, 0.1) is 17.9 Å². The van der Waals surface area contributed by atoms with Gasteiger partial charge in [-0.05, 0) is 69.6 Å². The quantitative estimate of drug-likeness (QED) is 0.338. The van der Waals surface area contributed by atoms with Gasteiger partial charge in [-0.3, -0.25) is 14.3 Å². The van der Waals surface area contributed by atoms with Crippen molar-refractivity contribution in [3.05, 3.63) is 70.3 Å². The Morgan fingerprint density at radius 3 is 2.55 bits per heavy atom. The summed E-state index contributed by atoms with van der Waals surface area (Å²) in [4.78, 5) is 40.5. The summed E-state index contributed by atoms with van der Waals surface area (Å²) in [7, 11) is 1.80. The van der Waals surface area contributed by atoms with E-state index in [1.165, 1.54) is 0 Å². The Hall–Kier alpha value is -4.41. The number of carbonyl (C=O) groups is 1. The molecule has 1 fully saturated rings. The fourth-order valence-electron chi connectivity index (χ4n) is 6.15. The zero-order chi connectivity index (χ0) is 31.1. The minimum absolute atomic E-state index is 0.0890. The maximum absolute atomic E-state index is 14.2. The molecule has 6 rings (SSSR count). The van der Waals surface area contributed by atoms with Crippen LogP contribution >= 0.6 is 0 Å². The molecule has 0 bridgehead atoms. The lowest BCUT2D eigenvalue weighted by atomic mass is 9.80. The molecule has 1 saturated heterocycles. The number of carbonyl (C=O) groups excluding carboxylic acids is 1. The van der Waals surface area contributed by atoms with E-state index in [1.54, 1.807) is 11.6 Å². The smallest absolute Gasteiger partial charge is 0.407 e. The highest BCUT2D eigenvalue weighted by Crippen LogP contribution is 2.36. The molecule has 232 valence electrons. The Labute approximate surface area is 257 Å². The van der Waals surface area contributed by atoms with Crippen LogP contribution < -0.4 is 20.7 Å². The Morgan fingerprint density at radius 1 is 1.07 bits per heavy atom. The molecule has 2 aliphatic heterocycles. The van der Waals surface area contributed by atoms with Crippen molar-refractivity contribution in [2.45, 2.75) is 65.5 Å². The molecule has 0 aliphatic carbocycles. The van der Waals surface area contributed by atoms with Gasteiger partial charge in [-0.25, -0.2) is 9.48 Å². The summed E-state index contributed by atoms with van der Waals surface area (Å²) < 4.78 is 8.96. The Balaban J connectivity index is 1.33. The van der Waals surface area contributed by atoms with Crippen molar-refractivity contribution in [1.29, 1.82) is 0 Å². The van der Waals surface area contributed by atoms with E-state index >= 15 is 0 Å². The molecule has 44 heavy (non-hydrogen) atoms. The molecule has 0 saturated carbocycles. The van der Waals surface area contributed by atoms with Crippen molar-refractivity contribution in [3.63, 3.8) is 0 Å². The molecule has 0 spiro atoms. The van der Waals surface area contributed by atoms with Crippen molar-refractivity contribution < 1.29 is 9.53 Å². The number of anilines is 3. The van der Waals surface area contributed by atoms with Crippen LogP contribution in [0.5, 0.6) is 0 Å². The third kappa shape index (κ3) is 6.00. The minimum atomic E-state index is -0.537. The van der Waals surface area contributed by atoms with E-state index in [-0.39, 0.29) is 11.0 Å². The maximum atomic E-state index is 14.2. The molecule has 11 nitrogen and oxygen atoms in total. The standard InChI is InChI=1S/C33H42N8O3/c1-32(2,3)44-31(43)35-22-33(4)15-19-39(20-16-33)30-36-27-26(29(42)38(30)5)28(37-41(27)21-23-11-7-6-8-12-23)40-18-10-13-24-25(40)14-9-17-34-24/h6-9,11-12,14,17H,10,13,15-16,18-22H2,1-5H3,(H,35,43). The first-order valence-corrected chi connectivity index (χ1v) is 15.5. The van der Waals surface area contributed by atoms with Crippen LogP contribution in [0.4, 0.5) is 22.2 Å². The largest absolute Gasteiger partial charge is 0.444 e. The zero-order valence-electron chi connectivity index (χ0n) is 26.3. The van der Waals surface area contributed by atoms with E-state index in [2.05, 4.69) is 45.2 Å². The van der Waals surface area contributed by atoms with E-state index in [9.17, 15) is 9.59 Å². The van der Waals surface area contributed by atoms with Crippen LogP contribution in [-0.2, 0) is 24.8 Å². The van der Waals surface area contributed by atoms with Crippen LogP contribution in [0.25, 0.3) is 11.0 Å². The number of amides is 1. The number of alkyl carbamates (subject to hydrolysis) is 1. The van der Waals surface area contributed by atoms with Crippen molar-refractivity contribution in [2.24, 2.45) is 12.5 Å². The second kappa shape index (κ2) is 11.6. The predicted octanol–water partition coefficient (Wildman–Crippen LogP) is 4.79. The number of ether oxygens (including phenoxy) is 1. The molecule has 0 atom stereocenters. The summed E-state index contributed by atoms with van der Waals surface area (Å²) in [6.07, 6.45) is 4.92. The number of nitrogens with zero attached hydrogens (tertiary/aromatic N) is 7. The van der Waals surface area contributed by atoms with Crippen LogP contribution in [0.1, 0.15) is 58.2 Å². The minimum Gasteiger partial charge on any atom is -0.444 e. The Bertz CT molecular complexity index is 1710. The third-order valence-corrected chi connectivity index (χ3v) is 8.63. The van der Waals surface area contributed by atoms with E-state index in [0.717, 1.165) is 49.2 Å². The van der Waals surface area contributed by atoms with Gasteiger partial charge < -0.3 is 19.9 Å². The van der Waals surface area contributed by atoms with Gasteiger partial charge in [0.1, 0.15) is 11.0 Å². The Morgan fingerprint density at radius 2 is 1.82 bits per heavy atom. The van der Waals surface area contributed by atoms with Crippen molar-refractivity contribution in [2.75, 3.05) is 36.0 Å². The number of aryl methyl sites for hydroxylation is 1. The van der Waals surface area contributed by atoms with Gasteiger partial charge >= 0.3 is 6.09 Å². The van der Waals surface area contributed by atoms with E-state index < -0.39 is 11.7 Å². The van der Waals surface area contributed by atoms with Crippen LogP contribution in [0.3, 0.4) is 0 Å². The second-order valence-corrected chi connectivity index (χ2v) is 13.3. The molecule has 1 amide bonds. The molecule has 5 heterocycles. The summed E-state index contributed by atoms with van der Waals surface area (Å²) in [5.41, 5.74) is 2.93. The molecule has 3 aromatic heterocycles. The van der Waals surface area contributed by atoms with Gasteiger partial charge in [-0.1, -0.05) is 37.3 Å². The number of piperidine rings is 1. The first kappa shape index (κ1) is 29.7. The van der Waals surface area contributed by atoms with Crippen LogP contribution in [-0.4, -0.2) is 62.2 Å². The zero-order valence-corrected chi connectivity index (χ0v) is 26.3. The monoisotopic (exact) mass is 598 g/mol. The average molecular weight is 599 g/mol. The third-order valence-electron chi connectivity index (χ3n) is 8.63. The van der Waals surface area contributed by atoms with Gasteiger partial charge in [-0.15, -0.1) is 0 Å². The highest BCUT2D eigenvalue weighted by atomic mass is 16.6. The van der Waals surface area contributed by atoms with Gasteiger partial charge in [0.25, 0.3) is 5.56 Å². The van der Waals surface area contributed by atoms with Crippen LogP contribution in [0, 0.1) is 5.41 Å². The molecule has 4 aromatic rings. The number of rotatable bonds is 6. The van der Waals surface area contributed by atoms with E-state index in [0.29, 0.717) is 49.0 Å². The highest BCUT2D eigenvalue weighted by Gasteiger charge is 2.34. The number of hydrogen-bond donors (Lipinski definition) is 1. The van der Waals surface area contributed by atoms with Crippen molar-refractivity contribution in [3.8, 4) is 0 Å². The fraction of sp³-hybridized carbons (Fsp3) is 0.485. The van der Waals surface area contributed by atoms with Crippen LogP contribution in [0.15, 0.2) is 53.5 Å². The number of benzene rings is 1. The summed E-state index contributed by atoms with van der Waals surface area (Å²) >= 11 is 0. The normalized spacial score (nSPS) is 16.6. The lowest BCUT2D eigenvalue weighted by molar-refractivity contribution is 0.0495. The predicted molar refractivity (Wildman–Crippen MR) is 172 cm³/mol. The molecule has 0 unspecified atom stereocenters. The number of hydrogen-bond acceptors (Lipinski definition) is 8. The molecular formula is C33H42N8O3. The highest BCUT2D eigenvalue weighted by molar-refractivity contribution is 5.91. The molecule has 1 N–H and O–H groups in total. The number of aromatic nitrogens is 5. The molecule has 1 aromatic carbocycles. The summed E-state index contributed by atoms with van der Waals surface area (Å²) in [6.45, 7) is 11.0. The molecular weight excluding hydrogens is 556 g/mol. The van der Waals surface area contributed by atoms with Crippen LogP contribution in [0.2, 0.25) is 0 Å². The summed E-state index contributed by atoms with van der Waals surface area (Å²) in [6, 6.07) is 14.1. The number of pyridine rings is 1. The lowest BCUT2D eigenvalue weighted by Crippen LogP contribution is -2.47. The number of nitrogens with one attached hydrogen (secondary N) is 1. The first-order chi connectivity index (χ1) is 21.0. The van der Waals surface area contributed by atoms with Gasteiger partial charge in [-0.2, -0.15) is 10.1 Å². The topological polar surface area (TPSA) is 110 Å². The van der Waals surface area contributed by atoms with Crippen molar-refractivity contribution >= 4 is 34.6 Å². The van der Waals surface area contributed by atoms with Gasteiger partial charge in [0, 0.05) is 39.4 Å². The van der Waals surface area contributed by atoms with Gasteiger partial charge in [0.15, 0.2) is 11.5 Å². The summed E-state index contributed by atoms with van der Waals surface area (Å²) in [5.74, 6) is 1.26. The van der Waals surface area contributed by atoms with E-state index in [1.807, 2.05) is 55.9 Å². The molecule has 11 heteroatoms. The average Bonchev–Trinajstić information content (AvgIpc) is 3.35. The van der Waals surface area contributed by atoms with Crippen molar-refractivity contribution in [1.82, 2.24) is 29.6 Å². The maximum Gasteiger partial charge on any atom is 0.407 e. The van der Waals surface area contributed by atoms with E-state index in [4.69, 9.17) is 14.8 Å². The Kier molecular flexibility index (Phi) is 7.81. The molecule has 2 aliphatic rings. The molecule has 0 radical (unpaired) electrons. The first-order valence-electron chi connectivity index (χ1n) is 15.5. The lowest BCUT2D eigenvalue weighted by Gasteiger charge is -2.40. The number of fused-ring (bicyclic) bond motifs is 2. The second-order valence-electron chi connectivity index (χ2n) is 13.3.